The number of anilines is 2. The summed E-state index contributed by atoms with van der Waals surface area (Å²) < 4.78 is 2.03. The van der Waals surface area contributed by atoms with E-state index < -0.39 is 5.91 Å². The number of piperidine rings is 1. The number of aliphatic hydroxyl groups excluding tert-OH is 1. The second-order valence-electron chi connectivity index (χ2n) is 10.5. The van der Waals surface area contributed by atoms with Crippen LogP contribution in [0, 0.1) is 5.92 Å². The van der Waals surface area contributed by atoms with Gasteiger partial charge in [0.1, 0.15) is 11.2 Å². The lowest BCUT2D eigenvalue weighted by Gasteiger charge is -2.33. The van der Waals surface area contributed by atoms with Crippen molar-refractivity contribution >= 4 is 34.1 Å². The highest BCUT2D eigenvalue weighted by molar-refractivity contribution is 6.05. The summed E-state index contributed by atoms with van der Waals surface area (Å²) in [5.41, 5.74) is 4.72. The highest BCUT2D eigenvalue weighted by Crippen LogP contribution is 2.26. The van der Waals surface area contributed by atoms with Gasteiger partial charge < -0.3 is 19.9 Å². The average molecular weight is 536 g/mol. The normalized spacial score (nSPS) is 16.8. The maximum Gasteiger partial charge on any atom is 0.360 e. The Morgan fingerprint density at radius 2 is 1.68 bits per heavy atom. The molecule has 1 aliphatic heterocycles. The molecule has 1 aliphatic carbocycles. The van der Waals surface area contributed by atoms with E-state index in [0.717, 1.165) is 61.1 Å². The standard InChI is InChI=1S/C31H30N6O3/c38-20-21-2-1-16-36(19-21)27-10-3-22(4-11-27)30(39)32-26-9-14-29-24(18-26)15-17-37(29)28-12-5-23(6-13-28)31(40)34-35-33-25-7-8-25/h3-6,9-15,17-18,21,25,38H,1-2,7-8,16,19-20H2/p+1. The molecule has 2 heterocycles. The molecule has 6 rings (SSSR count). The number of aromatic nitrogens is 1. The first-order chi connectivity index (χ1) is 19.6. The van der Waals surface area contributed by atoms with E-state index in [9.17, 15) is 14.7 Å². The minimum atomic E-state index is -0.412. The monoisotopic (exact) mass is 535 g/mol. The minimum Gasteiger partial charge on any atom is -0.396 e. The molecule has 202 valence electrons. The van der Waals surface area contributed by atoms with Gasteiger partial charge >= 0.3 is 5.91 Å². The van der Waals surface area contributed by atoms with Gasteiger partial charge in [0.15, 0.2) is 0 Å². The van der Waals surface area contributed by atoms with Gasteiger partial charge in [-0.1, -0.05) is 0 Å². The Hall–Kier alpha value is -4.59. The van der Waals surface area contributed by atoms with Gasteiger partial charge in [0.05, 0.1) is 5.52 Å². The van der Waals surface area contributed by atoms with Crippen LogP contribution in [-0.4, -0.2) is 47.2 Å². The third-order valence-electron chi connectivity index (χ3n) is 7.51. The summed E-state index contributed by atoms with van der Waals surface area (Å²) in [6, 6.07) is 22.9. The molecule has 2 N–H and O–H groups in total. The third kappa shape index (κ3) is 5.71. The molecular weight excluding hydrogens is 504 g/mol. The quantitative estimate of drug-likeness (QED) is 0.245. The van der Waals surface area contributed by atoms with Crippen molar-refractivity contribution in [2.75, 3.05) is 29.9 Å². The van der Waals surface area contributed by atoms with Gasteiger partial charge in [-0.15, -0.1) is 0 Å². The lowest BCUT2D eigenvalue weighted by molar-refractivity contribution is 0.0990. The lowest BCUT2D eigenvalue weighted by atomic mass is 9.98. The number of benzene rings is 3. The molecule has 0 spiro atoms. The predicted molar refractivity (Wildman–Crippen MR) is 154 cm³/mol. The largest absolute Gasteiger partial charge is 0.396 e. The molecular formula is C31H31N6O3+. The Kier molecular flexibility index (Phi) is 7.23. The second-order valence-corrected chi connectivity index (χ2v) is 10.5. The van der Waals surface area contributed by atoms with Crippen molar-refractivity contribution in [2.24, 2.45) is 16.1 Å². The van der Waals surface area contributed by atoms with E-state index in [1.54, 1.807) is 12.1 Å². The molecule has 9 heteroatoms. The summed E-state index contributed by atoms with van der Waals surface area (Å²) in [4.78, 5) is 31.1. The van der Waals surface area contributed by atoms with E-state index in [0.29, 0.717) is 22.7 Å². The molecule has 2 amide bonds. The fourth-order valence-corrected chi connectivity index (χ4v) is 5.07. The molecule has 1 aromatic heterocycles. The number of aliphatic hydroxyl groups is 1. The molecule has 4 aromatic rings. The highest BCUT2D eigenvalue weighted by atomic mass is 16.3. The summed E-state index contributed by atoms with van der Waals surface area (Å²) >= 11 is 0. The zero-order valence-corrected chi connectivity index (χ0v) is 22.1. The third-order valence-corrected chi connectivity index (χ3v) is 7.51. The highest BCUT2D eigenvalue weighted by Gasteiger charge is 2.26. The number of amides is 2. The van der Waals surface area contributed by atoms with E-state index in [2.05, 4.69) is 25.4 Å². The number of fused-ring (bicyclic) bond motifs is 1. The number of carbonyl (C=O) groups excluding carboxylic acids is 2. The van der Waals surface area contributed by atoms with Gasteiger partial charge in [0, 0.05) is 59.5 Å². The van der Waals surface area contributed by atoms with Gasteiger partial charge in [0.2, 0.25) is 10.0 Å². The van der Waals surface area contributed by atoms with Crippen LogP contribution >= 0.6 is 0 Å². The Bertz CT molecular complexity index is 1600. The Balaban J connectivity index is 1.12. The van der Waals surface area contributed by atoms with E-state index in [1.165, 1.54) is 0 Å². The van der Waals surface area contributed by atoms with Crippen molar-refractivity contribution in [1.29, 1.82) is 0 Å². The van der Waals surface area contributed by atoms with Gasteiger partial charge in [-0.25, -0.2) is 0 Å². The molecule has 9 nitrogen and oxygen atoms in total. The van der Waals surface area contributed by atoms with Crippen molar-refractivity contribution < 1.29 is 14.7 Å². The summed E-state index contributed by atoms with van der Waals surface area (Å²) in [5, 5.41) is 21.1. The summed E-state index contributed by atoms with van der Waals surface area (Å²) in [7, 11) is 0. The number of carbonyl (C=O) groups is 2. The molecule has 2 aliphatic rings. The van der Waals surface area contributed by atoms with Crippen LogP contribution in [0.15, 0.2) is 89.2 Å². The fraction of sp³-hybridized carbons (Fsp3) is 0.290. The number of rotatable bonds is 7. The first-order valence-electron chi connectivity index (χ1n) is 13.7. The maximum absolute atomic E-state index is 12.9. The predicted octanol–water partition coefficient (Wildman–Crippen LogP) is 5.37. The van der Waals surface area contributed by atoms with Crippen LogP contribution in [0.2, 0.25) is 0 Å². The summed E-state index contributed by atoms with van der Waals surface area (Å²) in [6.07, 6.45) is 6.11. The maximum atomic E-state index is 12.9. The lowest BCUT2D eigenvalue weighted by Crippen LogP contribution is -2.36. The van der Waals surface area contributed by atoms with Crippen molar-refractivity contribution in [2.45, 2.75) is 31.7 Å². The van der Waals surface area contributed by atoms with Crippen molar-refractivity contribution in [1.82, 2.24) is 9.48 Å². The SMILES string of the molecule is O=C(N=[N+]=NC1CC1)c1ccc(-n2ccc3cc(NC(=O)c4ccc(N5CCCC(CO)C5)cc4)ccc32)cc1. The molecule has 1 atom stereocenters. The summed E-state index contributed by atoms with van der Waals surface area (Å²) in [5.74, 6) is -0.273. The molecule has 0 radical (unpaired) electrons. The van der Waals surface area contributed by atoms with E-state index in [-0.39, 0.29) is 18.6 Å². The zero-order chi connectivity index (χ0) is 27.5. The van der Waals surface area contributed by atoms with Crippen LogP contribution in [0.5, 0.6) is 0 Å². The number of nitrogens with zero attached hydrogens (tertiary/aromatic N) is 5. The Morgan fingerprint density at radius 3 is 2.42 bits per heavy atom. The topological polar surface area (TPSA) is 113 Å². The molecule has 1 unspecified atom stereocenters. The van der Waals surface area contributed by atoms with Gasteiger partial charge in [0.25, 0.3) is 5.91 Å². The van der Waals surface area contributed by atoms with Crippen molar-refractivity contribution in [3.05, 3.63) is 90.1 Å². The first kappa shape index (κ1) is 25.7. The fourth-order valence-electron chi connectivity index (χ4n) is 5.07. The molecule has 3 aromatic carbocycles. The van der Waals surface area contributed by atoms with Crippen LogP contribution in [0.4, 0.5) is 11.4 Å². The Morgan fingerprint density at radius 1 is 0.925 bits per heavy atom. The van der Waals surface area contributed by atoms with Gasteiger partial charge in [-0.3, -0.25) is 9.59 Å². The summed E-state index contributed by atoms with van der Waals surface area (Å²) in [6.45, 7) is 2.02. The minimum absolute atomic E-state index is 0.167. The molecule has 0 bridgehead atoms. The zero-order valence-electron chi connectivity index (χ0n) is 22.1. The molecule has 1 saturated carbocycles. The van der Waals surface area contributed by atoms with Crippen LogP contribution in [0.25, 0.3) is 16.6 Å². The van der Waals surface area contributed by atoms with Crippen LogP contribution in [0.1, 0.15) is 46.4 Å². The molecule has 40 heavy (non-hydrogen) atoms. The van der Waals surface area contributed by atoms with E-state index in [1.807, 2.05) is 71.4 Å². The van der Waals surface area contributed by atoms with Crippen LogP contribution in [-0.2, 0) is 0 Å². The van der Waals surface area contributed by atoms with E-state index >= 15 is 0 Å². The van der Waals surface area contributed by atoms with Crippen LogP contribution < -0.4 is 15.1 Å². The first-order valence-corrected chi connectivity index (χ1v) is 13.7. The molecule has 2 fully saturated rings. The number of nitrogens with one attached hydrogen (secondary N) is 1. The van der Waals surface area contributed by atoms with E-state index in [4.69, 9.17) is 0 Å². The Labute approximate surface area is 231 Å². The number of hydrogen-bond donors (Lipinski definition) is 2. The van der Waals surface area contributed by atoms with Crippen LogP contribution in [0.3, 0.4) is 0 Å². The van der Waals surface area contributed by atoms with Gasteiger partial charge in [-0.2, -0.15) is 0 Å². The van der Waals surface area contributed by atoms with Crippen molar-refractivity contribution in [3.63, 3.8) is 0 Å². The second kappa shape index (κ2) is 11.3. The molecule has 1 saturated heterocycles. The average Bonchev–Trinajstić information content (AvgIpc) is 3.73. The van der Waals surface area contributed by atoms with Crippen molar-refractivity contribution in [3.8, 4) is 5.69 Å². The van der Waals surface area contributed by atoms with Gasteiger partial charge in [-0.05, 0) is 104 Å². The number of hydrogen-bond acceptors (Lipinski definition) is 5. The smallest absolute Gasteiger partial charge is 0.360 e.